The Morgan fingerprint density at radius 3 is 2.58 bits per heavy atom. The number of halogens is 1. The largest absolute Gasteiger partial charge is 0.369 e. The van der Waals surface area contributed by atoms with Crippen LogP contribution >= 0.6 is 15.9 Å². The highest BCUT2D eigenvalue weighted by atomic mass is 79.9. The van der Waals surface area contributed by atoms with Crippen molar-refractivity contribution < 1.29 is 0 Å². The summed E-state index contributed by atoms with van der Waals surface area (Å²) in [5.74, 6) is 0.511. The Hall–Kier alpha value is -1.81. The summed E-state index contributed by atoms with van der Waals surface area (Å²) in [4.78, 5) is 4.39. The summed E-state index contributed by atoms with van der Waals surface area (Å²) >= 11 is 3.49. The van der Waals surface area contributed by atoms with E-state index in [4.69, 9.17) is 5.73 Å². The summed E-state index contributed by atoms with van der Waals surface area (Å²) < 4.78 is 2.99. The second kappa shape index (κ2) is 4.70. The highest BCUT2D eigenvalue weighted by molar-refractivity contribution is 9.10. The summed E-state index contributed by atoms with van der Waals surface area (Å²) in [6.45, 7) is 2.15. The molecular weight excluding hydrogens is 302 g/mol. The molecule has 0 saturated carbocycles. The molecule has 3 aromatic rings. The molecular formula is C15H14BrN3. The van der Waals surface area contributed by atoms with Gasteiger partial charge in [0.15, 0.2) is 0 Å². The molecule has 19 heavy (non-hydrogen) atoms. The number of fused-ring (bicyclic) bond motifs is 1. The lowest BCUT2D eigenvalue weighted by atomic mass is 10.1. The molecule has 0 atom stereocenters. The van der Waals surface area contributed by atoms with Gasteiger partial charge < -0.3 is 5.73 Å². The lowest BCUT2D eigenvalue weighted by Gasteiger charge is -2.07. The van der Waals surface area contributed by atoms with Crippen molar-refractivity contribution in [3.05, 3.63) is 52.5 Å². The summed E-state index contributed by atoms with van der Waals surface area (Å²) in [5.41, 5.74) is 10.3. The number of hydrogen-bond acceptors (Lipinski definition) is 2. The number of nitrogens with two attached hydrogens (primary N) is 1. The van der Waals surface area contributed by atoms with E-state index in [0.29, 0.717) is 5.95 Å². The fourth-order valence-corrected chi connectivity index (χ4v) is 2.57. The molecule has 96 valence electrons. The third-order valence-electron chi connectivity index (χ3n) is 3.25. The molecule has 0 saturated heterocycles. The van der Waals surface area contributed by atoms with Crippen LogP contribution in [-0.2, 0) is 6.42 Å². The number of hydrogen-bond donors (Lipinski definition) is 1. The van der Waals surface area contributed by atoms with Gasteiger partial charge in [0.25, 0.3) is 0 Å². The van der Waals surface area contributed by atoms with Crippen LogP contribution in [0.4, 0.5) is 5.95 Å². The Labute approximate surface area is 120 Å². The molecule has 0 unspecified atom stereocenters. The van der Waals surface area contributed by atoms with Gasteiger partial charge >= 0.3 is 0 Å². The number of imidazole rings is 1. The fourth-order valence-electron chi connectivity index (χ4n) is 2.22. The Bertz CT molecular complexity index is 729. The van der Waals surface area contributed by atoms with Crippen LogP contribution in [0.15, 0.2) is 46.9 Å². The first kappa shape index (κ1) is 12.2. The van der Waals surface area contributed by atoms with E-state index in [1.54, 1.807) is 0 Å². The molecule has 2 aromatic carbocycles. The van der Waals surface area contributed by atoms with Crippen LogP contribution in [-0.4, -0.2) is 9.55 Å². The van der Waals surface area contributed by atoms with Gasteiger partial charge in [-0.05, 0) is 42.3 Å². The van der Waals surface area contributed by atoms with Crippen molar-refractivity contribution in [1.29, 1.82) is 0 Å². The molecule has 3 nitrogen and oxygen atoms in total. The first-order valence-corrected chi connectivity index (χ1v) is 7.01. The van der Waals surface area contributed by atoms with Crippen molar-refractivity contribution in [2.45, 2.75) is 13.3 Å². The van der Waals surface area contributed by atoms with Crippen LogP contribution in [0.2, 0.25) is 0 Å². The van der Waals surface area contributed by atoms with E-state index in [0.717, 1.165) is 27.6 Å². The molecule has 1 aromatic heterocycles. The second-order valence-electron chi connectivity index (χ2n) is 4.46. The van der Waals surface area contributed by atoms with Gasteiger partial charge in [0.1, 0.15) is 0 Å². The van der Waals surface area contributed by atoms with Crippen molar-refractivity contribution in [3.8, 4) is 5.69 Å². The van der Waals surface area contributed by atoms with Crippen molar-refractivity contribution in [1.82, 2.24) is 9.55 Å². The molecule has 0 aliphatic rings. The lowest BCUT2D eigenvalue weighted by Crippen LogP contribution is -2.00. The zero-order valence-electron chi connectivity index (χ0n) is 10.6. The molecule has 2 N–H and O–H groups in total. The Balaban J connectivity index is 2.22. The van der Waals surface area contributed by atoms with Gasteiger partial charge in [-0.1, -0.05) is 35.0 Å². The molecule has 0 bridgehead atoms. The van der Waals surface area contributed by atoms with Crippen LogP contribution in [0.25, 0.3) is 16.7 Å². The third kappa shape index (κ3) is 2.12. The zero-order chi connectivity index (χ0) is 13.4. The maximum Gasteiger partial charge on any atom is 0.205 e. The van der Waals surface area contributed by atoms with E-state index in [9.17, 15) is 0 Å². The second-order valence-corrected chi connectivity index (χ2v) is 5.37. The minimum Gasteiger partial charge on any atom is -0.369 e. The standard InChI is InChI=1S/C15H14BrN3/c1-2-10-3-6-12(7-4-10)19-14-9-11(16)5-8-13(14)18-15(19)17/h3-9H,2H2,1H3,(H2,17,18). The predicted molar refractivity (Wildman–Crippen MR) is 82.6 cm³/mol. The van der Waals surface area contributed by atoms with Crippen LogP contribution in [0.1, 0.15) is 12.5 Å². The minimum absolute atomic E-state index is 0.511. The van der Waals surface area contributed by atoms with Crippen molar-refractivity contribution in [2.75, 3.05) is 5.73 Å². The van der Waals surface area contributed by atoms with E-state index >= 15 is 0 Å². The van der Waals surface area contributed by atoms with Crippen molar-refractivity contribution in [3.63, 3.8) is 0 Å². The fraction of sp³-hybridized carbons (Fsp3) is 0.133. The smallest absolute Gasteiger partial charge is 0.205 e. The quantitative estimate of drug-likeness (QED) is 0.778. The maximum atomic E-state index is 6.04. The zero-order valence-corrected chi connectivity index (χ0v) is 12.2. The number of aryl methyl sites for hydroxylation is 1. The van der Waals surface area contributed by atoms with E-state index in [1.165, 1.54) is 5.56 Å². The minimum atomic E-state index is 0.511. The van der Waals surface area contributed by atoms with E-state index in [-0.39, 0.29) is 0 Å². The van der Waals surface area contributed by atoms with Gasteiger partial charge in [0.2, 0.25) is 5.95 Å². The van der Waals surface area contributed by atoms with Gasteiger partial charge in [-0.2, -0.15) is 0 Å². The Morgan fingerprint density at radius 2 is 1.89 bits per heavy atom. The molecule has 0 fully saturated rings. The average Bonchev–Trinajstić information content (AvgIpc) is 2.74. The predicted octanol–water partition coefficient (Wildman–Crippen LogP) is 3.93. The molecule has 0 radical (unpaired) electrons. The molecule has 1 heterocycles. The van der Waals surface area contributed by atoms with E-state index in [1.807, 2.05) is 22.8 Å². The van der Waals surface area contributed by atoms with Crippen LogP contribution < -0.4 is 5.73 Å². The van der Waals surface area contributed by atoms with Gasteiger partial charge in [0.05, 0.1) is 11.0 Å². The number of nitrogen functional groups attached to an aromatic ring is 1. The monoisotopic (exact) mass is 315 g/mol. The number of nitrogens with zero attached hydrogens (tertiary/aromatic N) is 2. The normalized spacial score (nSPS) is 11.1. The van der Waals surface area contributed by atoms with Gasteiger partial charge in [-0.15, -0.1) is 0 Å². The van der Waals surface area contributed by atoms with Crippen LogP contribution in [0, 0.1) is 0 Å². The highest BCUT2D eigenvalue weighted by Gasteiger charge is 2.10. The number of rotatable bonds is 2. The van der Waals surface area contributed by atoms with Gasteiger partial charge in [-0.3, -0.25) is 4.57 Å². The molecule has 0 aliphatic heterocycles. The summed E-state index contributed by atoms with van der Waals surface area (Å²) in [5, 5.41) is 0. The topological polar surface area (TPSA) is 43.8 Å². The summed E-state index contributed by atoms with van der Waals surface area (Å²) in [6.07, 6.45) is 1.03. The lowest BCUT2D eigenvalue weighted by molar-refractivity contribution is 1.09. The Kier molecular flexibility index (Phi) is 3.03. The first-order chi connectivity index (χ1) is 9.19. The first-order valence-electron chi connectivity index (χ1n) is 6.22. The van der Waals surface area contributed by atoms with Crippen LogP contribution in [0.3, 0.4) is 0 Å². The molecule has 3 rings (SSSR count). The molecule has 0 aliphatic carbocycles. The summed E-state index contributed by atoms with van der Waals surface area (Å²) in [6, 6.07) is 14.4. The van der Waals surface area contributed by atoms with Crippen molar-refractivity contribution >= 4 is 32.9 Å². The van der Waals surface area contributed by atoms with Crippen molar-refractivity contribution in [2.24, 2.45) is 0 Å². The van der Waals surface area contributed by atoms with Gasteiger partial charge in [0, 0.05) is 10.2 Å². The number of anilines is 1. The summed E-state index contributed by atoms with van der Waals surface area (Å²) in [7, 11) is 0. The SMILES string of the molecule is CCc1ccc(-n2c(N)nc3ccc(Br)cc32)cc1. The molecule has 0 spiro atoms. The Morgan fingerprint density at radius 1 is 1.16 bits per heavy atom. The average molecular weight is 316 g/mol. The highest BCUT2D eigenvalue weighted by Crippen LogP contribution is 2.26. The third-order valence-corrected chi connectivity index (χ3v) is 3.74. The number of aromatic nitrogens is 2. The number of benzene rings is 2. The van der Waals surface area contributed by atoms with Gasteiger partial charge in [-0.25, -0.2) is 4.98 Å². The molecule has 0 amide bonds. The maximum absolute atomic E-state index is 6.04. The van der Waals surface area contributed by atoms with E-state index in [2.05, 4.69) is 52.1 Å². The van der Waals surface area contributed by atoms with Crippen LogP contribution in [0.5, 0.6) is 0 Å². The molecule has 4 heteroatoms. The van der Waals surface area contributed by atoms with E-state index < -0.39 is 0 Å².